The molecule has 1 atom stereocenters. The normalized spacial score (nSPS) is 11.8. The largest absolute Gasteiger partial charge is 0.346 e. The van der Waals surface area contributed by atoms with E-state index in [1.807, 2.05) is 45.0 Å². The van der Waals surface area contributed by atoms with Crippen LogP contribution in [0.1, 0.15) is 32.4 Å². The highest BCUT2D eigenvalue weighted by atomic mass is 79.9. The average Bonchev–Trinajstić information content (AvgIpc) is 2.16. The van der Waals surface area contributed by atoms with Gasteiger partial charge in [0.1, 0.15) is 0 Å². The number of hydrogen-bond acceptors (Lipinski definition) is 1. The first-order chi connectivity index (χ1) is 7.49. The van der Waals surface area contributed by atoms with Gasteiger partial charge < -0.3 is 5.32 Å². The molecule has 0 saturated carbocycles. The van der Waals surface area contributed by atoms with Gasteiger partial charge in [0, 0.05) is 10.5 Å². The van der Waals surface area contributed by atoms with E-state index in [1.165, 1.54) is 0 Å². The average molecular weight is 282 g/mol. The monoisotopic (exact) mass is 281 g/mol. The van der Waals surface area contributed by atoms with Gasteiger partial charge in [-0.05, 0) is 38.5 Å². The second-order valence-corrected chi connectivity index (χ2v) is 4.92. The van der Waals surface area contributed by atoms with Crippen LogP contribution in [0.25, 0.3) is 0 Å². The van der Waals surface area contributed by atoms with Crippen LogP contribution in [0.15, 0.2) is 40.4 Å². The molecule has 1 rings (SSSR count). The lowest BCUT2D eigenvalue weighted by Gasteiger charge is -2.13. The summed E-state index contributed by atoms with van der Waals surface area (Å²) in [6.07, 6.45) is 1.61. The molecule has 1 unspecified atom stereocenters. The fourth-order valence-corrected chi connectivity index (χ4v) is 1.62. The van der Waals surface area contributed by atoms with Crippen LogP contribution in [0, 0.1) is 0 Å². The number of halogens is 1. The number of benzene rings is 1. The van der Waals surface area contributed by atoms with Crippen LogP contribution >= 0.6 is 15.9 Å². The van der Waals surface area contributed by atoms with E-state index in [9.17, 15) is 4.79 Å². The van der Waals surface area contributed by atoms with Crippen LogP contribution in [0.5, 0.6) is 0 Å². The summed E-state index contributed by atoms with van der Waals surface area (Å²) in [7, 11) is 0. The minimum atomic E-state index is -0.0459. The zero-order valence-electron chi connectivity index (χ0n) is 9.75. The molecule has 16 heavy (non-hydrogen) atoms. The molecule has 0 aliphatic rings. The molecule has 0 bridgehead atoms. The van der Waals surface area contributed by atoms with Crippen LogP contribution in [0.2, 0.25) is 0 Å². The molecule has 0 aliphatic heterocycles. The van der Waals surface area contributed by atoms with Crippen LogP contribution in [-0.4, -0.2) is 5.91 Å². The van der Waals surface area contributed by atoms with Crippen molar-refractivity contribution in [2.45, 2.75) is 26.8 Å². The van der Waals surface area contributed by atoms with Crippen molar-refractivity contribution in [1.29, 1.82) is 0 Å². The van der Waals surface area contributed by atoms with E-state index in [2.05, 4.69) is 21.2 Å². The van der Waals surface area contributed by atoms with Crippen molar-refractivity contribution >= 4 is 21.8 Å². The lowest BCUT2D eigenvalue weighted by Crippen LogP contribution is -2.24. The predicted octanol–water partition coefficient (Wildman–Crippen LogP) is 3.59. The van der Waals surface area contributed by atoms with Gasteiger partial charge in [-0.25, -0.2) is 0 Å². The molecular formula is C13H16BrNO. The van der Waals surface area contributed by atoms with Crippen molar-refractivity contribution in [3.63, 3.8) is 0 Å². The van der Waals surface area contributed by atoms with E-state index in [-0.39, 0.29) is 11.9 Å². The molecule has 1 amide bonds. The van der Waals surface area contributed by atoms with Gasteiger partial charge in [-0.3, -0.25) is 4.79 Å². The molecule has 0 aliphatic carbocycles. The van der Waals surface area contributed by atoms with Crippen LogP contribution < -0.4 is 5.32 Å². The highest BCUT2D eigenvalue weighted by Gasteiger charge is 2.07. The van der Waals surface area contributed by atoms with E-state index in [0.29, 0.717) is 0 Å². The van der Waals surface area contributed by atoms with Gasteiger partial charge in [-0.15, -0.1) is 0 Å². The predicted molar refractivity (Wildman–Crippen MR) is 70.1 cm³/mol. The van der Waals surface area contributed by atoms with E-state index >= 15 is 0 Å². The van der Waals surface area contributed by atoms with Gasteiger partial charge in [0.2, 0.25) is 5.91 Å². The molecule has 86 valence electrons. The van der Waals surface area contributed by atoms with E-state index < -0.39 is 0 Å². The van der Waals surface area contributed by atoms with Crippen LogP contribution in [0.4, 0.5) is 0 Å². The van der Waals surface area contributed by atoms with E-state index in [4.69, 9.17) is 0 Å². The molecule has 2 nitrogen and oxygen atoms in total. The maximum Gasteiger partial charge on any atom is 0.244 e. The summed E-state index contributed by atoms with van der Waals surface area (Å²) >= 11 is 3.38. The molecule has 0 radical (unpaired) electrons. The smallest absolute Gasteiger partial charge is 0.244 e. The van der Waals surface area contributed by atoms with Crippen LogP contribution in [-0.2, 0) is 4.79 Å². The summed E-state index contributed by atoms with van der Waals surface area (Å²) in [5, 5.41) is 2.92. The van der Waals surface area contributed by atoms with Crippen molar-refractivity contribution < 1.29 is 4.79 Å². The van der Waals surface area contributed by atoms with Gasteiger partial charge >= 0.3 is 0 Å². The lowest BCUT2D eigenvalue weighted by molar-refractivity contribution is -0.117. The minimum absolute atomic E-state index is 0.0243. The lowest BCUT2D eigenvalue weighted by atomic mass is 10.1. The molecule has 0 heterocycles. The Hall–Kier alpha value is -1.09. The number of carbonyl (C=O) groups is 1. The zero-order valence-corrected chi connectivity index (χ0v) is 11.3. The first kappa shape index (κ1) is 13.0. The number of carbonyl (C=O) groups excluding carboxylic acids is 1. The van der Waals surface area contributed by atoms with Gasteiger partial charge in [0.15, 0.2) is 0 Å². The molecule has 1 N–H and O–H groups in total. The maximum absolute atomic E-state index is 11.5. The maximum atomic E-state index is 11.5. The van der Waals surface area contributed by atoms with Gasteiger partial charge in [-0.1, -0.05) is 33.6 Å². The van der Waals surface area contributed by atoms with Crippen molar-refractivity contribution in [3.05, 3.63) is 46.0 Å². The van der Waals surface area contributed by atoms with E-state index in [0.717, 1.165) is 15.6 Å². The third kappa shape index (κ3) is 4.19. The van der Waals surface area contributed by atoms with Crippen molar-refractivity contribution in [2.75, 3.05) is 0 Å². The third-order valence-corrected chi connectivity index (χ3v) is 2.68. The summed E-state index contributed by atoms with van der Waals surface area (Å²) in [5.41, 5.74) is 2.10. The standard InChI is InChI=1S/C13H16BrNO/c1-9(2)8-13(16)15-10(3)11-4-6-12(14)7-5-11/h4-8,10H,1-3H3,(H,15,16). The fourth-order valence-electron chi connectivity index (χ4n) is 1.35. The Morgan fingerprint density at radius 1 is 1.31 bits per heavy atom. The SMILES string of the molecule is CC(C)=CC(=O)NC(C)c1ccc(Br)cc1. The minimum Gasteiger partial charge on any atom is -0.346 e. The third-order valence-electron chi connectivity index (χ3n) is 2.15. The Bertz CT molecular complexity index is 391. The number of nitrogens with one attached hydrogen (secondary N) is 1. The second kappa shape index (κ2) is 5.85. The van der Waals surface area contributed by atoms with Crippen molar-refractivity contribution in [1.82, 2.24) is 5.32 Å². The Balaban J connectivity index is 2.65. The second-order valence-electron chi connectivity index (χ2n) is 4.00. The molecule has 0 spiro atoms. The van der Waals surface area contributed by atoms with Crippen molar-refractivity contribution in [2.24, 2.45) is 0 Å². The Morgan fingerprint density at radius 2 is 1.88 bits per heavy atom. The number of rotatable bonds is 3. The van der Waals surface area contributed by atoms with Crippen LogP contribution in [0.3, 0.4) is 0 Å². The first-order valence-electron chi connectivity index (χ1n) is 5.20. The highest BCUT2D eigenvalue weighted by Crippen LogP contribution is 2.16. The Morgan fingerprint density at radius 3 is 2.38 bits per heavy atom. The summed E-state index contributed by atoms with van der Waals surface area (Å²) in [4.78, 5) is 11.5. The molecule has 3 heteroatoms. The van der Waals surface area contributed by atoms with Gasteiger partial charge in [0.25, 0.3) is 0 Å². The molecule has 1 aromatic carbocycles. The first-order valence-corrected chi connectivity index (χ1v) is 5.99. The van der Waals surface area contributed by atoms with Gasteiger partial charge in [-0.2, -0.15) is 0 Å². The summed E-state index contributed by atoms with van der Waals surface area (Å²) in [6, 6.07) is 7.96. The van der Waals surface area contributed by atoms with Gasteiger partial charge in [0.05, 0.1) is 6.04 Å². The number of hydrogen-bond donors (Lipinski definition) is 1. The Kier molecular flexibility index (Phi) is 4.74. The highest BCUT2D eigenvalue weighted by molar-refractivity contribution is 9.10. The molecule has 0 aromatic heterocycles. The fraction of sp³-hybridized carbons (Fsp3) is 0.308. The van der Waals surface area contributed by atoms with E-state index in [1.54, 1.807) is 6.08 Å². The number of allylic oxidation sites excluding steroid dienone is 1. The summed E-state index contributed by atoms with van der Waals surface area (Å²) < 4.78 is 1.04. The quantitative estimate of drug-likeness (QED) is 0.843. The summed E-state index contributed by atoms with van der Waals surface area (Å²) in [6.45, 7) is 5.79. The van der Waals surface area contributed by atoms with Crippen molar-refractivity contribution in [3.8, 4) is 0 Å². The Labute approximate surface area is 105 Å². The molecular weight excluding hydrogens is 266 g/mol. The molecule has 0 fully saturated rings. The molecule has 1 aromatic rings. The topological polar surface area (TPSA) is 29.1 Å². The zero-order chi connectivity index (χ0) is 12.1. The summed E-state index contributed by atoms with van der Waals surface area (Å²) in [5.74, 6) is -0.0459. The molecule has 0 saturated heterocycles. The number of amides is 1.